The molecule has 3 rings (SSSR count). The smallest absolute Gasteiger partial charge is 0.338 e. The van der Waals surface area contributed by atoms with Crippen molar-refractivity contribution in [3.8, 4) is 5.69 Å². The van der Waals surface area contributed by atoms with E-state index in [0.29, 0.717) is 22.4 Å². The van der Waals surface area contributed by atoms with Crippen molar-refractivity contribution < 1.29 is 14.7 Å². The number of aromatic carboxylic acids is 1. The minimum atomic E-state index is -1.06. The quantitative estimate of drug-likeness (QED) is 0.786. The van der Waals surface area contributed by atoms with E-state index in [2.05, 4.69) is 15.1 Å². The molecule has 0 aliphatic rings. The number of aromatic nitrogens is 4. The van der Waals surface area contributed by atoms with Crippen molar-refractivity contribution in [2.75, 3.05) is 11.9 Å². The Morgan fingerprint density at radius 2 is 1.96 bits per heavy atom. The van der Waals surface area contributed by atoms with Gasteiger partial charge in [0.2, 0.25) is 5.91 Å². The molecule has 8 nitrogen and oxygen atoms in total. The molecule has 23 heavy (non-hydrogen) atoms. The highest BCUT2D eigenvalue weighted by molar-refractivity contribution is 6.02. The molecule has 3 heterocycles. The second-order valence-corrected chi connectivity index (χ2v) is 4.93. The molecular weight excluding hydrogens is 298 g/mol. The van der Waals surface area contributed by atoms with Crippen LogP contribution in [0.1, 0.15) is 17.3 Å². The highest BCUT2D eigenvalue weighted by atomic mass is 16.4. The molecule has 0 unspecified atom stereocenters. The van der Waals surface area contributed by atoms with Crippen molar-refractivity contribution >= 4 is 28.6 Å². The molecule has 0 saturated heterocycles. The van der Waals surface area contributed by atoms with Crippen LogP contribution in [0.3, 0.4) is 0 Å². The number of pyridine rings is 2. The molecule has 0 saturated carbocycles. The minimum absolute atomic E-state index is 0.0923. The molecule has 1 amide bonds. The van der Waals surface area contributed by atoms with Crippen LogP contribution in [0, 0.1) is 0 Å². The van der Waals surface area contributed by atoms with Crippen molar-refractivity contribution in [3.05, 3.63) is 42.5 Å². The van der Waals surface area contributed by atoms with Crippen LogP contribution in [0.25, 0.3) is 16.6 Å². The molecule has 1 N–H and O–H groups in total. The molecule has 0 aliphatic carbocycles. The van der Waals surface area contributed by atoms with Crippen LogP contribution in [0.2, 0.25) is 0 Å². The Labute approximate surface area is 131 Å². The van der Waals surface area contributed by atoms with Gasteiger partial charge in [0, 0.05) is 25.6 Å². The van der Waals surface area contributed by atoms with Crippen molar-refractivity contribution in [2.45, 2.75) is 6.92 Å². The Morgan fingerprint density at radius 3 is 2.57 bits per heavy atom. The average molecular weight is 311 g/mol. The number of amides is 1. The van der Waals surface area contributed by atoms with Gasteiger partial charge in [-0.3, -0.25) is 9.78 Å². The number of rotatable bonds is 3. The zero-order valence-corrected chi connectivity index (χ0v) is 12.5. The predicted molar refractivity (Wildman–Crippen MR) is 82.7 cm³/mol. The fraction of sp³-hybridized carbons (Fsp3) is 0.133. The average Bonchev–Trinajstić information content (AvgIpc) is 2.98. The minimum Gasteiger partial charge on any atom is -0.478 e. The molecular formula is C15H13N5O3. The van der Waals surface area contributed by atoms with Crippen molar-refractivity contribution in [1.82, 2.24) is 19.7 Å². The van der Waals surface area contributed by atoms with Crippen LogP contribution in [0.15, 0.2) is 36.9 Å². The zero-order valence-electron chi connectivity index (χ0n) is 12.5. The van der Waals surface area contributed by atoms with E-state index in [9.17, 15) is 14.7 Å². The summed E-state index contributed by atoms with van der Waals surface area (Å²) in [6, 6.07) is 3.44. The van der Waals surface area contributed by atoms with Crippen molar-refractivity contribution in [2.24, 2.45) is 0 Å². The van der Waals surface area contributed by atoms with Gasteiger partial charge in [0.05, 0.1) is 35.4 Å². The Hall–Kier alpha value is -3.29. The Kier molecular flexibility index (Phi) is 3.49. The van der Waals surface area contributed by atoms with Gasteiger partial charge in [0.15, 0.2) is 0 Å². The fourth-order valence-electron chi connectivity index (χ4n) is 2.18. The summed E-state index contributed by atoms with van der Waals surface area (Å²) in [5.41, 5.74) is 1.30. The second kappa shape index (κ2) is 5.48. The van der Waals surface area contributed by atoms with E-state index in [1.54, 1.807) is 36.3 Å². The van der Waals surface area contributed by atoms with E-state index < -0.39 is 5.97 Å². The second-order valence-electron chi connectivity index (χ2n) is 4.93. The number of anilines is 1. The lowest BCUT2D eigenvalue weighted by Gasteiger charge is -2.13. The molecule has 116 valence electrons. The lowest BCUT2D eigenvalue weighted by Crippen LogP contribution is -2.23. The maximum atomic E-state index is 11.3. The first-order valence-corrected chi connectivity index (χ1v) is 6.75. The van der Waals surface area contributed by atoms with Crippen LogP contribution in [-0.4, -0.2) is 43.8 Å². The monoisotopic (exact) mass is 311 g/mol. The SMILES string of the molecule is CC(=O)N(C)c1ccc(-n2ncc3c(C(=O)O)cncc32)cn1. The molecule has 0 aromatic carbocycles. The molecule has 0 radical (unpaired) electrons. The van der Waals surface area contributed by atoms with E-state index in [1.807, 2.05) is 0 Å². The van der Waals surface area contributed by atoms with Gasteiger partial charge in [-0.25, -0.2) is 14.5 Å². The third-order valence-electron chi connectivity index (χ3n) is 3.52. The Balaban J connectivity index is 2.06. The predicted octanol–water partition coefficient (Wildman–Crippen LogP) is 1.50. The summed E-state index contributed by atoms with van der Waals surface area (Å²) in [6.45, 7) is 1.45. The van der Waals surface area contributed by atoms with Gasteiger partial charge in [-0.2, -0.15) is 5.10 Å². The molecule has 0 bridgehead atoms. The topological polar surface area (TPSA) is 101 Å². The lowest BCUT2D eigenvalue weighted by atomic mass is 10.2. The molecule has 0 aliphatic heterocycles. The highest BCUT2D eigenvalue weighted by Crippen LogP contribution is 2.21. The third-order valence-corrected chi connectivity index (χ3v) is 3.52. The van der Waals surface area contributed by atoms with Crippen molar-refractivity contribution in [3.63, 3.8) is 0 Å². The van der Waals surface area contributed by atoms with Gasteiger partial charge in [0.1, 0.15) is 5.82 Å². The number of carbonyl (C=O) groups excluding carboxylic acids is 1. The fourth-order valence-corrected chi connectivity index (χ4v) is 2.18. The van der Waals surface area contributed by atoms with E-state index in [-0.39, 0.29) is 11.5 Å². The largest absolute Gasteiger partial charge is 0.478 e. The summed E-state index contributed by atoms with van der Waals surface area (Å²) in [5.74, 6) is -0.661. The number of nitrogens with zero attached hydrogens (tertiary/aromatic N) is 5. The van der Waals surface area contributed by atoms with Crippen LogP contribution >= 0.6 is 0 Å². The Bertz CT molecular complexity index is 901. The van der Waals surface area contributed by atoms with E-state index in [1.165, 1.54) is 24.2 Å². The van der Waals surface area contributed by atoms with Gasteiger partial charge in [-0.1, -0.05) is 0 Å². The summed E-state index contributed by atoms with van der Waals surface area (Å²) in [7, 11) is 1.64. The number of carbonyl (C=O) groups is 2. The number of carboxylic acids is 1. The number of fused-ring (bicyclic) bond motifs is 1. The standard InChI is InChI=1S/C15H13N5O3/c1-9(21)19(2)14-4-3-10(5-17-14)20-13-8-16-6-12(15(22)23)11(13)7-18-20/h3-8H,1-2H3,(H,22,23). The van der Waals surface area contributed by atoms with Crippen molar-refractivity contribution in [1.29, 1.82) is 0 Å². The van der Waals surface area contributed by atoms with Crippen LogP contribution in [-0.2, 0) is 4.79 Å². The summed E-state index contributed by atoms with van der Waals surface area (Å²) in [4.78, 5) is 32.2. The maximum absolute atomic E-state index is 11.3. The summed E-state index contributed by atoms with van der Waals surface area (Å²) in [5, 5.41) is 13.9. The summed E-state index contributed by atoms with van der Waals surface area (Å²) in [6.07, 6.45) is 5.88. The molecule has 0 fully saturated rings. The van der Waals surface area contributed by atoms with Gasteiger partial charge in [-0.05, 0) is 12.1 Å². The zero-order chi connectivity index (χ0) is 16.6. The van der Waals surface area contributed by atoms with E-state index >= 15 is 0 Å². The first kappa shape index (κ1) is 14.6. The molecule has 0 atom stereocenters. The van der Waals surface area contributed by atoms with E-state index in [0.717, 1.165) is 0 Å². The van der Waals surface area contributed by atoms with E-state index in [4.69, 9.17) is 0 Å². The number of hydrogen-bond acceptors (Lipinski definition) is 5. The maximum Gasteiger partial charge on any atom is 0.338 e. The van der Waals surface area contributed by atoms with Crippen LogP contribution in [0.5, 0.6) is 0 Å². The molecule has 3 aromatic rings. The first-order chi connectivity index (χ1) is 11.0. The molecule has 0 spiro atoms. The first-order valence-electron chi connectivity index (χ1n) is 6.75. The number of carboxylic acid groups (broad SMARTS) is 1. The number of hydrogen-bond donors (Lipinski definition) is 1. The van der Waals surface area contributed by atoms with Crippen LogP contribution in [0.4, 0.5) is 5.82 Å². The van der Waals surface area contributed by atoms with Gasteiger partial charge >= 0.3 is 5.97 Å². The normalized spacial score (nSPS) is 10.7. The van der Waals surface area contributed by atoms with Crippen LogP contribution < -0.4 is 4.90 Å². The van der Waals surface area contributed by atoms with Gasteiger partial charge in [0.25, 0.3) is 0 Å². The lowest BCUT2D eigenvalue weighted by molar-refractivity contribution is -0.116. The summed E-state index contributed by atoms with van der Waals surface area (Å²) >= 11 is 0. The van der Waals surface area contributed by atoms with Gasteiger partial charge < -0.3 is 10.0 Å². The summed E-state index contributed by atoms with van der Waals surface area (Å²) < 4.78 is 1.55. The molecule has 3 aromatic heterocycles. The highest BCUT2D eigenvalue weighted by Gasteiger charge is 2.14. The Morgan fingerprint density at radius 1 is 1.17 bits per heavy atom. The molecule has 8 heteroatoms. The third kappa shape index (κ3) is 2.50. The van der Waals surface area contributed by atoms with Gasteiger partial charge in [-0.15, -0.1) is 0 Å².